The van der Waals surface area contributed by atoms with Crippen molar-refractivity contribution in [1.82, 2.24) is 4.98 Å². The van der Waals surface area contributed by atoms with Crippen molar-refractivity contribution in [2.75, 3.05) is 0 Å². The molecule has 0 saturated carbocycles. The minimum Gasteiger partial charge on any atom is -0.386 e. The maximum absolute atomic E-state index is 4.07. The predicted molar refractivity (Wildman–Crippen MR) is 43.2 cm³/mol. The molecule has 1 aromatic carbocycles. The normalized spacial score (nSPS) is 9.55. The largest absolute Gasteiger partial charge is 0.386 e. The molecule has 1 heterocycles. The zero-order chi connectivity index (χ0) is 6.97. The molecule has 0 saturated heterocycles. The summed E-state index contributed by atoms with van der Waals surface area (Å²) in [5, 5.41) is 0. The van der Waals surface area contributed by atoms with Crippen molar-refractivity contribution in [3.05, 3.63) is 29.3 Å². The molecule has 1 radical (unpaired) electrons. The fourth-order valence-electron chi connectivity index (χ4n) is 0.922. The van der Waals surface area contributed by atoms with Crippen LogP contribution in [-0.4, -0.2) is 4.98 Å². The molecule has 0 N–H and O–H groups in total. The number of hydrogen-bond acceptors (Lipinski definition) is 2. The molecule has 0 aliphatic carbocycles. The average molecular weight is 199 g/mol. The van der Waals surface area contributed by atoms with Crippen molar-refractivity contribution in [3.8, 4) is 0 Å². The Hall–Kier alpha value is -0.306. The van der Waals surface area contributed by atoms with Crippen molar-refractivity contribution in [1.29, 1.82) is 0 Å². The Kier molecular flexibility index (Phi) is 2.71. The van der Waals surface area contributed by atoms with Crippen LogP contribution in [0.4, 0.5) is 0 Å². The molecule has 0 spiro atoms. The van der Waals surface area contributed by atoms with E-state index in [1.54, 1.807) is 11.3 Å². The van der Waals surface area contributed by atoms with E-state index in [1.807, 2.05) is 0 Å². The van der Waals surface area contributed by atoms with E-state index in [1.165, 1.54) is 10.3 Å². The van der Waals surface area contributed by atoms with Gasteiger partial charge in [0.15, 0.2) is 0 Å². The summed E-state index contributed by atoms with van der Waals surface area (Å²) >= 11 is 1.56. The van der Waals surface area contributed by atoms with Crippen LogP contribution in [0.1, 0.15) is 5.56 Å². The van der Waals surface area contributed by atoms with Gasteiger partial charge in [-0.25, -0.2) is 0 Å². The van der Waals surface area contributed by atoms with Crippen LogP contribution in [0.3, 0.4) is 0 Å². The van der Waals surface area contributed by atoms with Gasteiger partial charge >= 0.3 is 0 Å². The third-order valence-electron chi connectivity index (χ3n) is 1.44. The van der Waals surface area contributed by atoms with E-state index in [4.69, 9.17) is 0 Å². The topological polar surface area (TPSA) is 12.9 Å². The van der Waals surface area contributed by atoms with Gasteiger partial charge in [0.2, 0.25) is 0 Å². The number of thiazole rings is 1. The Morgan fingerprint density at radius 3 is 3.09 bits per heavy atom. The van der Waals surface area contributed by atoms with Crippen LogP contribution in [0.2, 0.25) is 0 Å². The van der Waals surface area contributed by atoms with Gasteiger partial charge in [0.25, 0.3) is 0 Å². The van der Waals surface area contributed by atoms with Crippen LogP contribution in [0, 0.1) is 12.4 Å². The van der Waals surface area contributed by atoms with Crippen molar-refractivity contribution < 1.29 is 18.6 Å². The summed E-state index contributed by atoms with van der Waals surface area (Å²) in [5.74, 6) is 0. The molecule has 0 amide bonds. The monoisotopic (exact) mass is 199 g/mol. The molecule has 11 heavy (non-hydrogen) atoms. The molecule has 0 aliphatic rings. The number of rotatable bonds is 0. The van der Waals surface area contributed by atoms with Crippen molar-refractivity contribution in [3.63, 3.8) is 0 Å². The smallest absolute Gasteiger partial charge is 0 e. The average Bonchev–Trinajstić information content (AvgIpc) is 2.33. The third-order valence-corrected chi connectivity index (χ3v) is 2.18. The maximum atomic E-state index is 4.07. The van der Waals surface area contributed by atoms with E-state index in [-0.39, 0.29) is 18.6 Å². The van der Waals surface area contributed by atoms with E-state index in [0.29, 0.717) is 0 Å². The van der Waals surface area contributed by atoms with E-state index in [9.17, 15) is 0 Å². The van der Waals surface area contributed by atoms with Crippen molar-refractivity contribution in [2.24, 2.45) is 0 Å². The van der Waals surface area contributed by atoms with Crippen LogP contribution >= 0.6 is 11.3 Å². The fourth-order valence-corrected chi connectivity index (χ4v) is 1.51. The second-order valence-corrected chi connectivity index (χ2v) is 3.10. The van der Waals surface area contributed by atoms with Crippen molar-refractivity contribution >= 4 is 21.6 Å². The van der Waals surface area contributed by atoms with Gasteiger partial charge in [0.1, 0.15) is 0 Å². The summed E-state index contributed by atoms with van der Waals surface area (Å²) in [4.78, 5) is 4.07. The number of aryl methyl sites for hydroxylation is 1. The first-order chi connectivity index (χ1) is 4.86. The third kappa shape index (κ3) is 1.64. The fraction of sp³-hybridized carbons (Fsp3) is 0.125. The van der Waals surface area contributed by atoms with E-state index >= 15 is 0 Å². The van der Waals surface area contributed by atoms with Crippen LogP contribution in [0.25, 0.3) is 10.2 Å². The van der Waals surface area contributed by atoms with Gasteiger partial charge in [0, 0.05) is 18.6 Å². The summed E-state index contributed by atoms with van der Waals surface area (Å²) in [6.07, 6.45) is 0. The molecule has 3 heteroatoms. The predicted octanol–water partition coefficient (Wildman–Crippen LogP) is 2.40. The zero-order valence-electron chi connectivity index (χ0n) is 6.03. The molecular weight excluding hydrogens is 193 g/mol. The first-order valence-corrected chi connectivity index (χ1v) is 3.91. The first kappa shape index (κ1) is 8.79. The van der Waals surface area contributed by atoms with Crippen LogP contribution in [-0.2, 0) is 18.6 Å². The summed E-state index contributed by atoms with van der Waals surface area (Å²) < 4.78 is 1.21. The summed E-state index contributed by atoms with van der Waals surface area (Å²) in [5.41, 5.74) is 5.17. The molecule has 0 unspecified atom stereocenters. The Balaban J connectivity index is 0.000000605. The van der Waals surface area contributed by atoms with Gasteiger partial charge in [-0.05, 0) is 12.4 Å². The van der Waals surface area contributed by atoms with Gasteiger partial charge in [-0.15, -0.1) is 16.8 Å². The quantitative estimate of drug-likeness (QED) is 0.593. The van der Waals surface area contributed by atoms with Crippen LogP contribution in [0.15, 0.2) is 18.2 Å². The van der Waals surface area contributed by atoms with Gasteiger partial charge in [-0.2, -0.15) is 0 Å². The Bertz CT molecular complexity index is 356. The molecule has 1 nitrogen and oxygen atoms in total. The first-order valence-electron chi connectivity index (χ1n) is 3.09. The number of nitrogens with zero attached hydrogens (tertiary/aromatic N) is 1. The summed E-state index contributed by atoms with van der Waals surface area (Å²) in [6, 6.07) is 6.25. The van der Waals surface area contributed by atoms with E-state index < -0.39 is 0 Å². The molecule has 0 fully saturated rings. The van der Waals surface area contributed by atoms with Gasteiger partial charge < -0.3 is 4.98 Å². The number of hydrogen-bond donors (Lipinski definition) is 0. The Labute approximate surface area is 81.3 Å². The second-order valence-electron chi connectivity index (χ2n) is 2.28. The molecule has 0 bridgehead atoms. The summed E-state index contributed by atoms with van der Waals surface area (Å²) in [6.45, 7) is 2.07. The van der Waals surface area contributed by atoms with Gasteiger partial charge in [0.05, 0.1) is 0 Å². The van der Waals surface area contributed by atoms with E-state index in [0.717, 1.165) is 5.52 Å². The number of aromatic nitrogens is 1. The van der Waals surface area contributed by atoms with Crippen LogP contribution < -0.4 is 0 Å². The second kappa shape index (κ2) is 3.39. The Morgan fingerprint density at radius 1 is 1.45 bits per heavy atom. The maximum Gasteiger partial charge on any atom is 0 e. The number of fused-ring (bicyclic) bond motifs is 1. The van der Waals surface area contributed by atoms with Crippen LogP contribution in [0.5, 0.6) is 0 Å². The molecule has 2 aromatic rings. The minimum atomic E-state index is 0. The molecular formula is C8H6NSV-. The molecule has 0 atom stereocenters. The Morgan fingerprint density at radius 2 is 2.27 bits per heavy atom. The molecule has 0 aliphatic heterocycles. The van der Waals surface area contributed by atoms with E-state index in [2.05, 4.69) is 35.6 Å². The molecule has 1 aromatic heterocycles. The molecule has 2 rings (SSSR count). The van der Waals surface area contributed by atoms with Gasteiger partial charge in [-0.1, -0.05) is 17.1 Å². The SMILES string of the molecule is Cc1ccc2s[c-]nc2c1.[V]. The van der Waals surface area contributed by atoms with Gasteiger partial charge in [-0.3, -0.25) is 11.3 Å². The zero-order valence-corrected chi connectivity index (χ0v) is 8.25. The molecule has 55 valence electrons. The van der Waals surface area contributed by atoms with Crippen molar-refractivity contribution in [2.45, 2.75) is 6.92 Å². The minimum absolute atomic E-state index is 0. The number of benzene rings is 1. The standard InChI is InChI=1S/C8H6NS.V/c1-6-2-3-8-7(4-6)9-5-10-8;/h2-4H,1H3;/q-1;. The summed E-state index contributed by atoms with van der Waals surface area (Å²) in [7, 11) is 0.